The zero-order chi connectivity index (χ0) is 4.50. The summed E-state index contributed by atoms with van der Waals surface area (Å²) in [6.07, 6.45) is 0. The molecule has 0 aromatic carbocycles. The molecule has 0 saturated carbocycles. The van der Waals surface area contributed by atoms with Gasteiger partial charge >= 0.3 is 0 Å². The van der Waals surface area contributed by atoms with Crippen LogP contribution >= 0.6 is 0 Å². The molecule has 44 valence electrons. The van der Waals surface area contributed by atoms with Crippen LogP contribution in [-0.4, -0.2) is 44.8 Å². The molecule has 0 heterocycles. The van der Waals surface area contributed by atoms with Crippen LogP contribution in [0.1, 0.15) is 0 Å². The van der Waals surface area contributed by atoms with Crippen molar-refractivity contribution in [2.75, 3.05) is 0 Å². The number of hydrogen-bond acceptors (Lipinski definition) is 4. The molecule has 0 aliphatic carbocycles. The van der Waals surface area contributed by atoms with Crippen LogP contribution in [0.3, 0.4) is 0 Å². The van der Waals surface area contributed by atoms with Crippen molar-refractivity contribution in [1.82, 2.24) is 0 Å². The van der Waals surface area contributed by atoms with E-state index in [4.69, 9.17) is 17.5 Å². The van der Waals surface area contributed by atoms with Crippen LogP contribution in [0.5, 0.6) is 0 Å². The van der Waals surface area contributed by atoms with Crippen molar-refractivity contribution < 1.29 is 23.0 Å². The third kappa shape index (κ3) is 270. The maximum Gasteiger partial charge on any atom is 0.0311 e. The van der Waals surface area contributed by atoms with Gasteiger partial charge in [-0.05, 0) is 0 Å². The molecule has 0 unspecified atom stereocenters. The average Bonchev–Trinajstić information content (AvgIpc) is 0.722. The third-order valence-electron chi connectivity index (χ3n) is 0. The number of hydrogen-bond donors (Lipinski definition) is 0. The van der Waals surface area contributed by atoms with Crippen molar-refractivity contribution >= 4 is 37.7 Å². The maximum absolute atomic E-state index is 8.52. The fourth-order valence-electron chi connectivity index (χ4n) is 0. The Morgan fingerprint density at radius 3 is 1.14 bits per heavy atom. The summed E-state index contributed by atoms with van der Waals surface area (Å²) in [6.45, 7) is 0. The topological polar surface area (TPSA) is 109 Å². The van der Waals surface area contributed by atoms with Crippen molar-refractivity contribution in [3.63, 3.8) is 0 Å². The van der Waals surface area contributed by atoms with Crippen molar-refractivity contribution in [1.29, 1.82) is 0 Å². The molecule has 0 bridgehead atoms. The number of rotatable bonds is 0. The van der Waals surface area contributed by atoms with Crippen LogP contribution in [0.4, 0.5) is 0 Å². The van der Waals surface area contributed by atoms with E-state index in [1.54, 1.807) is 0 Å². The van der Waals surface area contributed by atoms with Crippen molar-refractivity contribution in [2.45, 2.75) is 0 Å². The minimum Gasteiger partial charge on any atom is -2.00 e. The van der Waals surface area contributed by atoms with Gasteiger partial charge in [-0.15, -0.1) is 0 Å². The van der Waals surface area contributed by atoms with Gasteiger partial charge in [0.15, 0.2) is 0 Å². The molecule has 0 saturated heterocycles. The third-order valence-corrected chi connectivity index (χ3v) is 0. The second-order valence-corrected chi connectivity index (χ2v) is 1.22. The molecule has 0 aromatic heterocycles. The minimum atomic E-state index is -5.17. The summed E-state index contributed by atoms with van der Waals surface area (Å²) in [5, 5.41) is 0. The SMILES string of the molecule is O=S(=O)([O-])[O-].[O-2].[Pb]. The summed E-state index contributed by atoms with van der Waals surface area (Å²) in [6, 6.07) is 0. The Morgan fingerprint density at radius 2 is 1.14 bits per heavy atom. The fourth-order valence-corrected chi connectivity index (χ4v) is 0. The summed E-state index contributed by atoms with van der Waals surface area (Å²) < 4.78 is 34.1. The van der Waals surface area contributed by atoms with E-state index in [1.165, 1.54) is 0 Å². The predicted octanol–water partition coefficient (Wildman–Crippen LogP) is -1.84. The summed E-state index contributed by atoms with van der Waals surface area (Å²) in [5.41, 5.74) is 0. The van der Waals surface area contributed by atoms with Crippen LogP contribution in [-0.2, 0) is 15.9 Å². The Hall–Kier alpha value is 0.752. The zero-order valence-electron chi connectivity index (χ0n) is 2.95. The molecule has 0 spiro atoms. The van der Waals surface area contributed by atoms with Gasteiger partial charge in [0.05, 0.1) is 0 Å². The Balaban J connectivity index is -0.0000000800. The fraction of sp³-hybridized carbons (Fsp3) is 0. The van der Waals surface area contributed by atoms with E-state index in [2.05, 4.69) is 0 Å². The molecular weight excluding hydrogens is 319 g/mol. The first-order valence-electron chi connectivity index (χ1n) is 0.667. The van der Waals surface area contributed by atoms with Gasteiger partial charge < -0.3 is 14.6 Å². The van der Waals surface area contributed by atoms with E-state index in [0.717, 1.165) is 0 Å². The van der Waals surface area contributed by atoms with E-state index in [9.17, 15) is 0 Å². The van der Waals surface area contributed by atoms with Gasteiger partial charge in [-0.25, -0.2) is 0 Å². The average molecular weight is 319 g/mol. The molecule has 0 aliphatic rings. The Morgan fingerprint density at radius 1 is 1.14 bits per heavy atom. The predicted molar refractivity (Wildman–Crippen MR) is 16.9 cm³/mol. The van der Waals surface area contributed by atoms with Gasteiger partial charge in [-0.1, -0.05) is 0 Å². The Kier molecular flexibility index (Phi) is 11.0. The first-order chi connectivity index (χ1) is 2.00. The molecule has 7 heteroatoms. The molecule has 0 amide bonds. The van der Waals surface area contributed by atoms with Gasteiger partial charge in [0.1, 0.15) is 0 Å². The Bertz CT molecular complexity index is 91.2. The zero-order valence-corrected chi connectivity index (χ0v) is 7.65. The van der Waals surface area contributed by atoms with Crippen LogP contribution in [0.25, 0.3) is 0 Å². The molecule has 0 atom stereocenters. The summed E-state index contributed by atoms with van der Waals surface area (Å²) in [4.78, 5) is 0. The van der Waals surface area contributed by atoms with E-state index in [1.807, 2.05) is 0 Å². The summed E-state index contributed by atoms with van der Waals surface area (Å²) >= 11 is 0. The smallest absolute Gasteiger partial charge is 0.0311 e. The summed E-state index contributed by atoms with van der Waals surface area (Å²) in [7, 11) is -5.17. The van der Waals surface area contributed by atoms with Gasteiger partial charge in [0, 0.05) is 37.7 Å². The maximum atomic E-state index is 8.52. The molecule has 0 N–H and O–H groups in total. The van der Waals surface area contributed by atoms with E-state index >= 15 is 0 Å². The Labute approximate surface area is 60.8 Å². The first-order valence-corrected chi connectivity index (χ1v) is 2.00. The first kappa shape index (κ1) is 15.7. The minimum absolute atomic E-state index is 0. The second-order valence-electron chi connectivity index (χ2n) is 0.408. The molecule has 4 radical (unpaired) electrons. The van der Waals surface area contributed by atoms with Crippen LogP contribution < -0.4 is 0 Å². The van der Waals surface area contributed by atoms with E-state index in [-0.39, 0.29) is 32.8 Å². The van der Waals surface area contributed by atoms with Crippen molar-refractivity contribution in [3.05, 3.63) is 0 Å². The summed E-state index contributed by atoms with van der Waals surface area (Å²) in [5.74, 6) is 0. The van der Waals surface area contributed by atoms with Crippen molar-refractivity contribution in [2.24, 2.45) is 0 Å². The molecule has 0 aliphatic heterocycles. The van der Waals surface area contributed by atoms with Gasteiger partial charge in [-0.3, -0.25) is 8.42 Å². The van der Waals surface area contributed by atoms with Gasteiger partial charge in [-0.2, -0.15) is 0 Å². The molecule has 0 fully saturated rings. The molecule has 0 rings (SSSR count). The normalized spacial score (nSPS) is 8.29. The standard InChI is InChI=1S/H2O4S.O.Pb/c1-5(2,3)4;;/h(H2,1,2,3,4);;/q;-2;/p-2. The van der Waals surface area contributed by atoms with Crippen LogP contribution in [0.2, 0.25) is 0 Å². The monoisotopic (exact) mass is 320 g/mol. The van der Waals surface area contributed by atoms with Crippen LogP contribution in [0.15, 0.2) is 0 Å². The van der Waals surface area contributed by atoms with E-state index in [0.29, 0.717) is 0 Å². The molecule has 0 aromatic rings. The van der Waals surface area contributed by atoms with Crippen LogP contribution in [0, 0.1) is 0 Å². The van der Waals surface area contributed by atoms with Gasteiger partial charge in [0.2, 0.25) is 0 Å². The van der Waals surface area contributed by atoms with Crippen molar-refractivity contribution in [3.8, 4) is 0 Å². The van der Waals surface area contributed by atoms with Gasteiger partial charge in [0.25, 0.3) is 0 Å². The quantitative estimate of drug-likeness (QED) is 0.297. The largest absolute Gasteiger partial charge is 2.00 e. The molecule has 7 heavy (non-hydrogen) atoms. The second kappa shape index (κ2) is 4.90. The van der Waals surface area contributed by atoms with E-state index < -0.39 is 10.4 Å². The molecule has 5 nitrogen and oxygen atoms in total. The molecular formula is O5PbS-4.